The molecular weight excluding hydrogens is 474 g/mol. The summed E-state index contributed by atoms with van der Waals surface area (Å²) in [6.07, 6.45) is 3.23. The Kier molecular flexibility index (Phi) is 7.79. The van der Waals surface area contributed by atoms with Crippen LogP contribution in [-0.2, 0) is 19.1 Å². The molecule has 10 nitrogen and oxygen atoms in total. The minimum absolute atomic E-state index is 0.0182. The summed E-state index contributed by atoms with van der Waals surface area (Å²) in [6.45, 7) is 6.88. The van der Waals surface area contributed by atoms with Crippen molar-refractivity contribution in [2.45, 2.75) is 57.2 Å². The summed E-state index contributed by atoms with van der Waals surface area (Å²) in [5, 5.41) is 23.9. The average Bonchev–Trinajstić information content (AvgIpc) is 2.78. The van der Waals surface area contributed by atoms with Crippen molar-refractivity contribution in [2.24, 2.45) is 0 Å². The first-order valence-electron chi connectivity index (χ1n) is 11.0. The third-order valence-corrected chi connectivity index (χ3v) is 6.64. The zero-order valence-electron chi connectivity index (χ0n) is 19.9. The number of phenolic OH excluding ortho intramolecular Hbond substituents is 1. The van der Waals surface area contributed by atoms with E-state index in [1.165, 1.54) is 40.9 Å². The van der Waals surface area contributed by atoms with Gasteiger partial charge in [-0.1, -0.05) is 24.3 Å². The molecule has 188 valence electrons. The van der Waals surface area contributed by atoms with E-state index in [4.69, 9.17) is 4.74 Å². The number of benzene rings is 1. The summed E-state index contributed by atoms with van der Waals surface area (Å²) in [4.78, 5) is 51.6. The third kappa shape index (κ3) is 5.97. The summed E-state index contributed by atoms with van der Waals surface area (Å²) in [5.41, 5.74) is 0.145. The van der Waals surface area contributed by atoms with Gasteiger partial charge < -0.3 is 25.6 Å². The molecule has 11 heteroatoms. The van der Waals surface area contributed by atoms with E-state index in [9.17, 15) is 29.4 Å². The molecule has 0 spiro atoms. The van der Waals surface area contributed by atoms with E-state index in [1.807, 2.05) is 19.1 Å². The fourth-order valence-electron chi connectivity index (χ4n) is 3.73. The molecule has 2 unspecified atom stereocenters. The number of aliphatic carboxylic acids is 1. The predicted molar refractivity (Wildman–Crippen MR) is 129 cm³/mol. The first-order chi connectivity index (χ1) is 16.4. The van der Waals surface area contributed by atoms with E-state index in [-0.39, 0.29) is 11.4 Å². The number of carboxylic acid groups (broad SMARTS) is 1. The second kappa shape index (κ2) is 10.4. The van der Waals surface area contributed by atoms with E-state index in [1.54, 1.807) is 20.8 Å². The number of hydrogen-bond acceptors (Lipinski definition) is 7. The monoisotopic (exact) mass is 503 g/mol. The molecule has 35 heavy (non-hydrogen) atoms. The minimum Gasteiger partial charge on any atom is -0.508 e. The van der Waals surface area contributed by atoms with Gasteiger partial charge in [-0.3, -0.25) is 14.5 Å². The number of ether oxygens (including phenoxy) is 1. The standard InChI is InChI=1S/C24H29N3O7S/c1-5-6-7-14-12-35-21-17(20(30)27(21)18(14)22(31)32)25-19(29)16(13-8-10-15(28)11-9-13)26-23(33)34-24(2,3)4/h5-6,8-11,16-17,21,28H,7,12H2,1-4H3,(H,25,29)(H,26,33)(H,31,32)/b6-5-/t16?,17?,21-/m0/s1. The maximum atomic E-state index is 13.2. The number of β-lactam (4-membered cyclic amide) rings is 1. The number of nitrogens with zero attached hydrogens (tertiary/aromatic N) is 1. The van der Waals surface area contributed by atoms with Crippen molar-refractivity contribution in [3.63, 3.8) is 0 Å². The molecule has 3 atom stereocenters. The molecule has 4 N–H and O–H groups in total. The lowest BCUT2D eigenvalue weighted by atomic mass is 10.00. The molecule has 1 aromatic carbocycles. The van der Waals surface area contributed by atoms with Crippen molar-refractivity contribution in [1.82, 2.24) is 15.5 Å². The number of phenols is 1. The van der Waals surface area contributed by atoms with Crippen LogP contribution < -0.4 is 10.6 Å². The molecule has 0 aliphatic carbocycles. The number of hydrogen-bond donors (Lipinski definition) is 4. The Hall–Kier alpha value is -3.47. The zero-order valence-corrected chi connectivity index (χ0v) is 20.7. The Labute approximate surface area is 207 Å². The smallest absolute Gasteiger partial charge is 0.408 e. The van der Waals surface area contributed by atoms with Gasteiger partial charge in [-0.05, 0) is 57.4 Å². The van der Waals surface area contributed by atoms with Gasteiger partial charge in [-0.15, -0.1) is 11.8 Å². The average molecular weight is 504 g/mol. The van der Waals surface area contributed by atoms with E-state index < -0.39 is 46.9 Å². The van der Waals surface area contributed by atoms with Crippen LogP contribution in [0.25, 0.3) is 0 Å². The lowest BCUT2D eigenvalue weighted by Gasteiger charge is -2.49. The Morgan fingerprint density at radius 1 is 1.26 bits per heavy atom. The second-order valence-corrected chi connectivity index (χ2v) is 10.2. The fourth-order valence-corrected chi connectivity index (χ4v) is 5.09. The van der Waals surface area contributed by atoms with Gasteiger partial charge in [-0.2, -0.15) is 0 Å². The Morgan fingerprint density at radius 3 is 2.49 bits per heavy atom. The normalized spacial score (nSPS) is 20.7. The van der Waals surface area contributed by atoms with Crippen LogP contribution in [0, 0.1) is 0 Å². The Balaban J connectivity index is 1.80. The van der Waals surface area contributed by atoms with Gasteiger partial charge in [0.25, 0.3) is 5.91 Å². The van der Waals surface area contributed by atoms with Crippen molar-refractivity contribution in [1.29, 1.82) is 0 Å². The van der Waals surface area contributed by atoms with Gasteiger partial charge in [0.05, 0.1) is 0 Å². The SMILES string of the molecule is C/C=C\CC1=C(C(=O)O)N2C(=O)C(NC(=O)C(NC(=O)OC(C)(C)C)c3ccc(O)cc3)[C@@H]2SC1. The minimum atomic E-state index is -1.21. The molecule has 1 fully saturated rings. The van der Waals surface area contributed by atoms with Gasteiger partial charge >= 0.3 is 12.1 Å². The molecule has 0 aromatic heterocycles. The molecule has 2 aliphatic heterocycles. The molecule has 2 aliphatic rings. The third-order valence-electron chi connectivity index (χ3n) is 5.30. The van der Waals surface area contributed by atoms with Crippen LogP contribution in [-0.4, -0.2) is 61.8 Å². The number of rotatable bonds is 7. The van der Waals surface area contributed by atoms with Crippen LogP contribution in [0.4, 0.5) is 4.79 Å². The van der Waals surface area contributed by atoms with E-state index in [0.29, 0.717) is 23.3 Å². The second-order valence-electron chi connectivity index (χ2n) is 9.10. The molecule has 3 rings (SSSR count). The topological polar surface area (TPSA) is 145 Å². The fraction of sp³-hybridized carbons (Fsp3) is 0.417. The maximum absolute atomic E-state index is 13.2. The number of carboxylic acids is 1. The van der Waals surface area contributed by atoms with Crippen molar-refractivity contribution >= 4 is 35.6 Å². The number of alkyl carbamates (subject to hydrolysis) is 1. The number of aromatic hydroxyl groups is 1. The first-order valence-corrected chi connectivity index (χ1v) is 12.1. The summed E-state index contributed by atoms with van der Waals surface area (Å²) < 4.78 is 5.26. The summed E-state index contributed by atoms with van der Waals surface area (Å²) in [5.74, 6) is -2.00. The summed E-state index contributed by atoms with van der Waals surface area (Å²) >= 11 is 1.37. The van der Waals surface area contributed by atoms with Crippen molar-refractivity contribution < 1.29 is 34.1 Å². The van der Waals surface area contributed by atoms with E-state index in [0.717, 1.165) is 0 Å². The van der Waals surface area contributed by atoms with Crippen LogP contribution in [0.3, 0.4) is 0 Å². The van der Waals surface area contributed by atoms with Crippen LogP contribution in [0.15, 0.2) is 47.7 Å². The molecular formula is C24H29N3O7S. The van der Waals surface area contributed by atoms with Crippen LogP contribution >= 0.6 is 11.8 Å². The summed E-state index contributed by atoms with van der Waals surface area (Å²) in [7, 11) is 0. The molecule has 3 amide bonds. The van der Waals surface area contributed by atoms with Gasteiger partial charge in [0.1, 0.15) is 34.5 Å². The highest BCUT2D eigenvalue weighted by molar-refractivity contribution is 8.00. The highest BCUT2D eigenvalue weighted by atomic mass is 32.2. The first kappa shape index (κ1) is 26.1. The van der Waals surface area contributed by atoms with Gasteiger partial charge in [0.15, 0.2) is 0 Å². The number of carbonyl (C=O) groups excluding carboxylic acids is 3. The van der Waals surface area contributed by atoms with Gasteiger partial charge in [0, 0.05) is 5.75 Å². The quantitative estimate of drug-likeness (QED) is 0.328. The Bertz CT molecular complexity index is 1080. The molecule has 0 saturated carbocycles. The van der Waals surface area contributed by atoms with Gasteiger partial charge in [-0.25, -0.2) is 9.59 Å². The van der Waals surface area contributed by atoms with Crippen molar-refractivity contribution in [3.8, 4) is 5.75 Å². The Morgan fingerprint density at radius 2 is 1.91 bits per heavy atom. The molecule has 0 radical (unpaired) electrons. The van der Waals surface area contributed by atoms with Crippen molar-refractivity contribution in [3.05, 3.63) is 53.3 Å². The maximum Gasteiger partial charge on any atom is 0.408 e. The number of amides is 3. The lowest BCUT2D eigenvalue weighted by molar-refractivity contribution is -0.151. The number of allylic oxidation sites excluding steroid dienone is 2. The molecule has 1 saturated heterocycles. The molecule has 0 bridgehead atoms. The van der Waals surface area contributed by atoms with Crippen molar-refractivity contribution in [2.75, 3.05) is 5.75 Å². The van der Waals surface area contributed by atoms with Crippen LogP contribution in [0.2, 0.25) is 0 Å². The molecule has 1 aromatic rings. The zero-order chi connectivity index (χ0) is 25.9. The number of nitrogens with one attached hydrogen (secondary N) is 2. The number of fused-ring (bicyclic) bond motifs is 1. The highest BCUT2D eigenvalue weighted by Gasteiger charge is 2.54. The molecule has 2 heterocycles. The summed E-state index contributed by atoms with van der Waals surface area (Å²) in [6, 6.07) is 3.52. The van der Waals surface area contributed by atoms with Crippen LogP contribution in [0.5, 0.6) is 5.75 Å². The van der Waals surface area contributed by atoms with Gasteiger partial charge in [0.2, 0.25) is 5.91 Å². The number of thioether (sulfide) groups is 1. The highest BCUT2D eigenvalue weighted by Crippen LogP contribution is 2.41. The van der Waals surface area contributed by atoms with E-state index in [2.05, 4.69) is 10.6 Å². The lowest BCUT2D eigenvalue weighted by Crippen LogP contribution is -2.71. The number of carbonyl (C=O) groups is 4. The predicted octanol–water partition coefficient (Wildman–Crippen LogP) is 2.66. The van der Waals surface area contributed by atoms with E-state index >= 15 is 0 Å². The van der Waals surface area contributed by atoms with Crippen LogP contribution in [0.1, 0.15) is 45.7 Å². The largest absolute Gasteiger partial charge is 0.508 e.